The summed E-state index contributed by atoms with van der Waals surface area (Å²) in [6.07, 6.45) is 11.6. The first kappa shape index (κ1) is 18.4. The second-order valence-corrected chi connectivity index (χ2v) is 7.93. The van der Waals surface area contributed by atoms with E-state index >= 15 is 0 Å². The molecule has 1 aromatic rings. The standard InChI is InChI=1S/C22H30N2O3/c25-22(10-8-18-7-9-20-21(15-18)27-17-26-20)24-12-4-11-23(13-14-24)16-19-5-2-1-3-6-19/h7-10,15,19H,1-6,11-14,16-17H2/b10-8+. The van der Waals surface area contributed by atoms with Crippen molar-refractivity contribution in [3.63, 3.8) is 0 Å². The Bertz CT molecular complexity index is 682. The zero-order chi connectivity index (χ0) is 18.5. The molecule has 2 aliphatic heterocycles. The van der Waals surface area contributed by atoms with E-state index in [-0.39, 0.29) is 12.7 Å². The average molecular weight is 370 g/mol. The Morgan fingerprint density at radius 3 is 2.74 bits per heavy atom. The lowest BCUT2D eigenvalue weighted by molar-refractivity contribution is -0.125. The van der Waals surface area contributed by atoms with E-state index in [9.17, 15) is 4.79 Å². The van der Waals surface area contributed by atoms with Crippen molar-refractivity contribution in [1.29, 1.82) is 0 Å². The van der Waals surface area contributed by atoms with E-state index in [1.165, 1.54) is 38.6 Å². The third-order valence-corrected chi connectivity index (χ3v) is 5.96. The number of rotatable bonds is 4. The molecule has 1 amide bonds. The number of hydrogen-bond donors (Lipinski definition) is 0. The molecule has 5 nitrogen and oxygen atoms in total. The molecule has 0 atom stereocenters. The molecule has 1 aromatic carbocycles. The predicted molar refractivity (Wildman–Crippen MR) is 106 cm³/mol. The lowest BCUT2D eigenvalue weighted by atomic mass is 9.89. The maximum atomic E-state index is 12.6. The number of carbonyl (C=O) groups excluding carboxylic acids is 1. The quantitative estimate of drug-likeness (QED) is 0.760. The molecule has 0 N–H and O–H groups in total. The van der Waals surface area contributed by atoms with Crippen molar-refractivity contribution in [3.8, 4) is 11.5 Å². The van der Waals surface area contributed by atoms with Crippen LogP contribution >= 0.6 is 0 Å². The fourth-order valence-corrected chi connectivity index (χ4v) is 4.40. The molecule has 146 valence electrons. The lowest BCUT2D eigenvalue weighted by Crippen LogP contribution is -2.36. The first-order chi connectivity index (χ1) is 13.3. The van der Waals surface area contributed by atoms with Crippen molar-refractivity contribution in [3.05, 3.63) is 29.8 Å². The summed E-state index contributed by atoms with van der Waals surface area (Å²) < 4.78 is 10.7. The Labute approximate surface area is 161 Å². The van der Waals surface area contributed by atoms with Gasteiger partial charge in [-0.3, -0.25) is 4.79 Å². The van der Waals surface area contributed by atoms with Gasteiger partial charge >= 0.3 is 0 Å². The van der Waals surface area contributed by atoms with Crippen LogP contribution in [0.3, 0.4) is 0 Å². The smallest absolute Gasteiger partial charge is 0.246 e. The summed E-state index contributed by atoms with van der Waals surface area (Å²) in [6.45, 7) is 5.29. The molecule has 5 heteroatoms. The highest BCUT2D eigenvalue weighted by atomic mass is 16.7. The Morgan fingerprint density at radius 2 is 1.85 bits per heavy atom. The predicted octanol–water partition coefficient (Wildman–Crippen LogP) is 3.54. The van der Waals surface area contributed by atoms with Crippen molar-refractivity contribution in [1.82, 2.24) is 9.80 Å². The minimum atomic E-state index is 0.104. The Morgan fingerprint density at radius 1 is 1.00 bits per heavy atom. The fraction of sp³-hybridized carbons (Fsp3) is 0.591. The van der Waals surface area contributed by atoms with E-state index in [1.807, 2.05) is 29.2 Å². The molecule has 0 bridgehead atoms. The summed E-state index contributed by atoms with van der Waals surface area (Å²) in [6, 6.07) is 5.76. The minimum absolute atomic E-state index is 0.104. The second-order valence-electron chi connectivity index (χ2n) is 7.93. The van der Waals surface area contributed by atoms with Gasteiger partial charge in [0.25, 0.3) is 0 Å². The van der Waals surface area contributed by atoms with Gasteiger partial charge in [0.2, 0.25) is 12.7 Å². The van der Waals surface area contributed by atoms with Crippen LogP contribution in [0.5, 0.6) is 11.5 Å². The van der Waals surface area contributed by atoms with Gasteiger partial charge in [0.05, 0.1) is 0 Å². The third-order valence-electron chi connectivity index (χ3n) is 5.96. The van der Waals surface area contributed by atoms with E-state index < -0.39 is 0 Å². The van der Waals surface area contributed by atoms with Crippen LogP contribution in [-0.4, -0.2) is 55.2 Å². The number of nitrogens with zero attached hydrogens (tertiary/aromatic N) is 2. The van der Waals surface area contributed by atoms with Gasteiger partial charge < -0.3 is 19.3 Å². The van der Waals surface area contributed by atoms with Crippen molar-refractivity contribution in [2.75, 3.05) is 39.5 Å². The number of fused-ring (bicyclic) bond motifs is 1. The monoisotopic (exact) mass is 370 g/mol. The van der Waals surface area contributed by atoms with Crippen LogP contribution in [0.4, 0.5) is 0 Å². The summed E-state index contributed by atoms with van der Waals surface area (Å²) in [5, 5.41) is 0. The van der Waals surface area contributed by atoms with Gasteiger partial charge in [-0.05, 0) is 55.5 Å². The highest BCUT2D eigenvalue weighted by Gasteiger charge is 2.21. The minimum Gasteiger partial charge on any atom is -0.454 e. The molecule has 0 spiro atoms. The molecule has 4 rings (SSSR count). The SMILES string of the molecule is O=C(/C=C/c1ccc2c(c1)OCO2)N1CCCN(CC2CCCCC2)CC1. The normalized spacial score (nSPS) is 21.6. The highest BCUT2D eigenvalue weighted by Crippen LogP contribution is 2.32. The molecule has 0 aromatic heterocycles. The van der Waals surface area contributed by atoms with Crippen LogP contribution in [0.25, 0.3) is 6.08 Å². The lowest BCUT2D eigenvalue weighted by Gasteiger charge is -2.28. The highest BCUT2D eigenvalue weighted by molar-refractivity contribution is 5.91. The largest absolute Gasteiger partial charge is 0.454 e. The molecule has 1 saturated carbocycles. The van der Waals surface area contributed by atoms with Gasteiger partial charge in [-0.25, -0.2) is 0 Å². The summed E-state index contributed by atoms with van der Waals surface area (Å²) in [7, 11) is 0. The Hall–Kier alpha value is -2.01. The van der Waals surface area contributed by atoms with Crippen LogP contribution in [-0.2, 0) is 4.79 Å². The molecule has 27 heavy (non-hydrogen) atoms. The molecule has 1 aliphatic carbocycles. The molecule has 1 saturated heterocycles. The average Bonchev–Trinajstić information content (AvgIpc) is 3.04. The number of carbonyl (C=O) groups is 1. The van der Waals surface area contributed by atoms with Crippen LogP contribution in [0, 0.1) is 5.92 Å². The number of amides is 1. The van der Waals surface area contributed by atoms with Crippen molar-refractivity contribution in [2.45, 2.75) is 38.5 Å². The molecular formula is C22H30N2O3. The summed E-state index contributed by atoms with van der Waals surface area (Å²) in [4.78, 5) is 17.2. The fourth-order valence-electron chi connectivity index (χ4n) is 4.40. The first-order valence-electron chi connectivity index (χ1n) is 10.4. The summed E-state index contributed by atoms with van der Waals surface area (Å²) in [5.74, 6) is 2.49. The summed E-state index contributed by atoms with van der Waals surface area (Å²) >= 11 is 0. The molecule has 2 heterocycles. The Balaban J connectivity index is 1.28. The maximum Gasteiger partial charge on any atom is 0.246 e. The molecule has 2 fully saturated rings. The van der Waals surface area contributed by atoms with Gasteiger partial charge in [-0.1, -0.05) is 25.3 Å². The van der Waals surface area contributed by atoms with Gasteiger partial charge in [0, 0.05) is 32.3 Å². The van der Waals surface area contributed by atoms with Crippen molar-refractivity contribution < 1.29 is 14.3 Å². The van der Waals surface area contributed by atoms with Gasteiger partial charge in [-0.2, -0.15) is 0 Å². The maximum absolute atomic E-state index is 12.6. The van der Waals surface area contributed by atoms with Crippen LogP contribution < -0.4 is 9.47 Å². The first-order valence-corrected chi connectivity index (χ1v) is 10.4. The van der Waals surface area contributed by atoms with E-state index in [0.29, 0.717) is 0 Å². The number of ether oxygens (including phenoxy) is 2. The zero-order valence-electron chi connectivity index (χ0n) is 16.1. The third kappa shape index (κ3) is 4.83. The van der Waals surface area contributed by atoms with E-state index in [4.69, 9.17) is 9.47 Å². The van der Waals surface area contributed by atoms with E-state index in [2.05, 4.69) is 4.90 Å². The molecule has 3 aliphatic rings. The van der Waals surface area contributed by atoms with Crippen LogP contribution in [0.2, 0.25) is 0 Å². The van der Waals surface area contributed by atoms with Crippen LogP contribution in [0.1, 0.15) is 44.1 Å². The zero-order valence-corrected chi connectivity index (χ0v) is 16.1. The van der Waals surface area contributed by atoms with Gasteiger partial charge in [0.15, 0.2) is 11.5 Å². The Kier molecular flexibility index (Phi) is 5.97. The van der Waals surface area contributed by atoms with Gasteiger partial charge in [0.1, 0.15) is 0 Å². The number of benzene rings is 1. The van der Waals surface area contributed by atoms with E-state index in [0.717, 1.165) is 55.6 Å². The van der Waals surface area contributed by atoms with Crippen molar-refractivity contribution >= 4 is 12.0 Å². The van der Waals surface area contributed by atoms with Gasteiger partial charge in [-0.15, -0.1) is 0 Å². The topological polar surface area (TPSA) is 42.0 Å². The van der Waals surface area contributed by atoms with E-state index in [1.54, 1.807) is 6.08 Å². The molecular weight excluding hydrogens is 340 g/mol. The van der Waals surface area contributed by atoms with Crippen LogP contribution in [0.15, 0.2) is 24.3 Å². The molecule has 0 radical (unpaired) electrons. The van der Waals surface area contributed by atoms with Crippen molar-refractivity contribution in [2.24, 2.45) is 5.92 Å². The second kappa shape index (κ2) is 8.79. The summed E-state index contributed by atoms with van der Waals surface area (Å²) in [5.41, 5.74) is 0.960. The number of hydrogen-bond acceptors (Lipinski definition) is 4. The molecule has 0 unspecified atom stereocenters.